The molecule has 2 nitrogen and oxygen atoms in total. The summed E-state index contributed by atoms with van der Waals surface area (Å²) in [6.07, 6.45) is 13.7. The number of halogens is 1. The Morgan fingerprint density at radius 3 is 1.95 bits per heavy atom. The molecule has 112 valence electrons. The molecule has 0 spiro atoms. The summed E-state index contributed by atoms with van der Waals surface area (Å²) < 4.78 is 0. The number of rotatable bonds is 10. The average Bonchev–Trinajstić information content (AvgIpc) is 2.42. The van der Waals surface area contributed by atoms with Crippen molar-refractivity contribution in [3.8, 4) is 0 Å². The summed E-state index contributed by atoms with van der Waals surface area (Å²) in [6.45, 7) is 1.70. The summed E-state index contributed by atoms with van der Waals surface area (Å²) >= 11 is 3.44. The Morgan fingerprint density at radius 2 is 1.35 bits per heavy atom. The van der Waals surface area contributed by atoms with Gasteiger partial charge in [-0.05, 0) is 38.3 Å². The highest BCUT2D eigenvalue weighted by Gasteiger charge is 2.16. The molecule has 0 aromatic carbocycles. The first-order valence-corrected chi connectivity index (χ1v) is 8.81. The fourth-order valence-corrected chi connectivity index (χ4v) is 2.77. The second kappa shape index (κ2) is 10.1. The molecule has 0 radical (unpaired) electrons. The maximum Gasteiger partial charge on any atom is 0.182 e. The van der Waals surface area contributed by atoms with E-state index >= 15 is 0 Å². The maximum absolute atomic E-state index is 11.7. The van der Waals surface area contributed by atoms with Crippen LogP contribution in [0, 0.1) is 0 Å². The largest absolute Gasteiger partial charge is 0.290 e. The first-order chi connectivity index (χ1) is 9.65. The van der Waals surface area contributed by atoms with Gasteiger partial charge in [-0.25, -0.2) is 0 Å². The molecule has 3 heteroatoms. The second-order valence-electron chi connectivity index (χ2n) is 5.49. The molecule has 0 fully saturated rings. The molecule has 1 aliphatic rings. The molecule has 0 unspecified atom stereocenters. The maximum atomic E-state index is 11.7. The summed E-state index contributed by atoms with van der Waals surface area (Å²) in [6, 6.07) is 0. The molecular weight excluding hydrogens is 316 g/mol. The topological polar surface area (TPSA) is 34.1 Å². The van der Waals surface area contributed by atoms with Crippen LogP contribution in [-0.4, -0.2) is 16.9 Å². The van der Waals surface area contributed by atoms with E-state index < -0.39 is 0 Å². The standard InChI is InChI=1S/C17H25BrO2/c1-14-12-17(20)15(13-16(14)19)10-8-6-4-2-3-5-7-9-11-18/h12-13H,2-11H2,1H3. The van der Waals surface area contributed by atoms with Crippen molar-refractivity contribution in [3.63, 3.8) is 0 Å². The molecule has 0 aromatic heterocycles. The van der Waals surface area contributed by atoms with Crippen molar-refractivity contribution in [2.24, 2.45) is 0 Å². The summed E-state index contributed by atoms with van der Waals surface area (Å²) in [4.78, 5) is 23.2. The third kappa shape index (κ3) is 6.65. The Kier molecular flexibility index (Phi) is 8.75. The zero-order chi connectivity index (χ0) is 14.8. The van der Waals surface area contributed by atoms with E-state index in [9.17, 15) is 9.59 Å². The van der Waals surface area contributed by atoms with Crippen molar-refractivity contribution in [2.45, 2.75) is 64.7 Å². The van der Waals surface area contributed by atoms with Gasteiger partial charge in [0.15, 0.2) is 11.6 Å². The van der Waals surface area contributed by atoms with Crippen LogP contribution in [-0.2, 0) is 9.59 Å². The molecule has 0 saturated carbocycles. The van der Waals surface area contributed by atoms with Gasteiger partial charge in [0.1, 0.15) is 0 Å². The summed E-state index contributed by atoms with van der Waals surface area (Å²) in [5, 5.41) is 1.11. The molecule has 0 aliphatic heterocycles. The molecule has 0 saturated heterocycles. The van der Waals surface area contributed by atoms with Crippen molar-refractivity contribution in [3.05, 3.63) is 23.3 Å². The minimum atomic E-state index is -0.00797. The molecule has 0 amide bonds. The Bertz CT molecular complexity index is 394. The van der Waals surface area contributed by atoms with Gasteiger partial charge in [0.05, 0.1) is 0 Å². The first-order valence-electron chi connectivity index (χ1n) is 7.68. The lowest BCUT2D eigenvalue weighted by atomic mass is 9.94. The monoisotopic (exact) mass is 340 g/mol. The fraction of sp³-hybridized carbons (Fsp3) is 0.647. The number of hydrogen-bond acceptors (Lipinski definition) is 2. The van der Waals surface area contributed by atoms with Crippen LogP contribution in [0.3, 0.4) is 0 Å². The van der Waals surface area contributed by atoms with Gasteiger partial charge < -0.3 is 0 Å². The van der Waals surface area contributed by atoms with Gasteiger partial charge in [0, 0.05) is 16.5 Å². The van der Waals surface area contributed by atoms with Crippen molar-refractivity contribution in [2.75, 3.05) is 5.33 Å². The van der Waals surface area contributed by atoms with E-state index in [0.29, 0.717) is 11.1 Å². The zero-order valence-corrected chi connectivity index (χ0v) is 14.0. The van der Waals surface area contributed by atoms with E-state index in [1.54, 1.807) is 6.92 Å². The quantitative estimate of drug-likeness (QED) is 0.321. The average molecular weight is 341 g/mol. The molecule has 0 bridgehead atoms. The van der Waals surface area contributed by atoms with Gasteiger partial charge >= 0.3 is 0 Å². The number of ketones is 2. The summed E-state index contributed by atoms with van der Waals surface area (Å²) in [7, 11) is 0. The highest BCUT2D eigenvalue weighted by Crippen LogP contribution is 2.18. The smallest absolute Gasteiger partial charge is 0.182 e. The van der Waals surface area contributed by atoms with Gasteiger partial charge in [-0.3, -0.25) is 9.59 Å². The molecule has 0 atom stereocenters. The van der Waals surface area contributed by atoms with Crippen LogP contribution in [0.4, 0.5) is 0 Å². The Labute approximate surface area is 130 Å². The van der Waals surface area contributed by atoms with Crippen LogP contribution in [0.2, 0.25) is 0 Å². The molecule has 0 N–H and O–H groups in total. The zero-order valence-electron chi connectivity index (χ0n) is 12.4. The Balaban J connectivity index is 2.06. The third-order valence-electron chi connectivity index (χ3n) is 3.69. The molecule has 20 heavy (non-hydrogen) atoms. The SMILES string of the molecule is CC1=CC(=O)C(CCCCCCCCCCBr)=CC1=O. The third-order valence-corrected chi connectivity index (χ3v) is 4.25. The van der Waals surface area contributed by atoms with E-state index in [1.165, 1.54) is 50.7 Å². The van der Waals surface area contributed by atoms with Gasteiger partial charge in [-0.1, -0.05) is 54.5 Å². The van der Waals surface area contributed by atoms with Crippen LogP contribution in [0.15, 0.2) is 23.3 Å². The van der Waals surface area contributed by atoms with Crippen LogP contribution in [0.1, 0.15) is 64.7 Å². The van der Waals surface area contributed by atoms with Crippen LogP contribution in [0.25, 0.3) is 0 Å². The number of carbonyl (C=O) groups excluding carboxylic acids is 2. The number of alkyl halides is 1. The minimum absolute atomic E-state index is 0.00797. The lowest BCUT2D eigenvalue weighted by Crippen LogP contribution is -2.11. The number of carbonyl (C=O) groups is 2. The lowest BCUT2D eigenvalue weighted by molar-refractivity contribution is -0.115. The van der Waals surface area contributed by atoms with Crippen LogP contribution < -0.4 is 0 Å². The molecule has 1 rings (SSSR count). The number of hydrogen-bond donors (Lipinski definition) is 0. The molecule has 0 aromatic rings. The Morgan fingerprint density at radius 1 is 0.800 bits per heavy atom. The number of unbranched alkanes of at least 4 members (excludes halogenated alkanes) is 7. The van der Waals surface area contributed by atoms with Crippen molar-refractivity contribution >= 4 is 27.5 Å². The predicted octanol–water partition coefficient (Wildman–Crippen LogP) is 4.92. The first kappa shape index (κ1) is 17.4. The molecule has 0 heterocycles. The predicted molar refractivity (Wildman–Crippen MR) is 87.2 cm³/mol. The minimum Gasteiger partial charge on any atom is -0.290 e. The second-order valence-corrected chi connectivity index (χ2v) is 6.29. The van der Waals surface area contributed by atoms with E-state index in [0.717, 1.165) is 24.6 Å². The van der Waals surface area contributed by atoms with Crippen molar-refractivity contribution in [1.29, 1.82) is 0 Å². The van der Waals surface area contributed by atoms with E-state index in [1.807, 2.05) is 0 Å². The highest BCUT2D eigenvalue weighted by molar-refractivity contribution is 9.09. The lowest BCUT2D eigenvalue weighted by Gasteiger charge is -2.09. The van der Waals surface area contributed by atoms with Gasteiger partial charge in [0.25, 0.3) is 0 Å². The molecular formula is C17H25BrO2. The van der Waals surface area contributed by atoms with Gasteiger partial charge in [-0.15, -0.1) is 0 Å². The summed E-state index contributed by atoms with van der Waals surface area (Å²) in [5.74, 6) is 0.0169. The fourth-order valence-electron chi connectivity index (χ4n) is 2.37. The Hall–Kier alpha value is -0.700. The van der Waals surface area contributed by atoms with E-state index in [2.05, 4.69) is 15.9 Å². The normalized spacial score (nSPS) is 15.3. The van der Waals surface area contributed by atoms with Gasteiger partial charge in [-0.2, -0.15) is 0 Å². The van der Waals surface area contributed by atoms with Crippen LogP contribution in [0.5, 0.6) is 0 Å². The van der Waals surface area contributed by atoms with E-state index in [4.69, 9.17) is 0 Å². The van der Waals surface area contributed by atoms with Gasteiger partial charge in [0.2, 0.25) is 0 Å². The van der Waals surface area contributed by atoms with E-state index in [-0.39, 0.29) is 11.6 Å². The van der Waals surface area contributed by atoms with Crippen molar-refractivity contribution < 1.29 is 9.59 Å². The highest BCUT2D eigenvalue weighted by atomic mass is 79.9. The number of allylic oxidation sites excluding steroid dienone is 4. The molecule has 1 aliphatic carbocycles. The van der Waals surface area contributed by atoms with Crippen LogP contribution >= 0.6 is 15.9 Å². The summed E-state index contributed by atoms with van der Waals surface area (Å²) in [5.41, 5.74) is 1.25. The van der Waals surface area contributed by atoms with Crippen molar-refractivity contribution in [1.82, 2.24) is 0 Å².